The molecule has 0 amide bonds. The summed E-state index contributed by atoms with van der Waals surface area (Å²) in [5.74, 6) is 0. The maximum absolute atomic E-state index is 9.07. The summed E-state index contributed by atoms with van der Waals surface area (Å²) >= 11 is 1.70. The first kappa shape index (κ1) is 12.6. The van der Waals surface area contributed by atoms with Gasteiger partial charge >= 0.3 is 0 Å². The van der Waals surface area contributed by atoms with Crippen molar-refractivity contribution in [1.29, 1.82) is 0 Å². The number of hydrogen-bond acceptors (Lipinski definition) is 4. The van der Waals surface area contributed by atoms with Gasteiger partial charge in [-0.2, -0.15) is 11.3 Å². The molecule has 0 spiro atoms. The molecule has 0 saturated heterocycles. The summed E-state index contributed by atoms with van der Waals surface area (Å²) < 4.78 is 0. The third kappa shape index (κ3) is 4.30. The van der Waals surface area contributed by atoms with Crippen molar-refractivity contribution in [3.63, 3.8) is 0 Å². The summed E-state index contributed by atoms with van der Waals surface area (Å²) in [6, 6.07) is 2.11. The minimum Gasteiger partial charge on any atom is -0.396 e. The summed E-state index contributed by atoms with van der Waals surface area (Å²) in [7, 11) is 0. The summed E-state index contributed by atoms with van der Waals surface area (Å²) in [5, 5.41) is 25.6. The van der Waals surface area contributed by atoms with Crippen molar-refractivity contribution >= 4 is 11.3 Å². The summed E-state index contributed by atoms with van der Waals surface area (Å²) in [6.45, 7) is 3.41. The first-order valence-electron chi connectivity index (χ1n) is 5.14. The molecule has 0 saturated carbocycles. The monoisotopic (exact) mass is 229 g/mol. The lowest BCUT2D eigenvalue weighted by atomic mass is 9.93. The van der Waals surface area contributed by atoms with Gasteiger partial charge in [0.1, 0.15) is 0 Å². The smallest absolute Gasteiger partial charge is 0.0518 e. The van der Waals surface area contributed by atoms with Gasteiger partial charge in [-0.15, -0.1) is 0 Å². The topological polar surface area (TPSA) is 52.5 Å². The number of aliphatic hydroxyl groups is 2. The van der Waals surface area contributed by atoms with E-state index in [-0.39, 0.29) is 13.2 Å². The molecule has 3 N–H and O–H groups in total. The van der Waals surface area contributed by atoms with Gasteiger partial charge in [0.2, 0.25) is 0 Å². The largest absolute Gasteiger partial charge is 0.396 e. The number of thiophene rings is 1. The van der Waals surface area contributed by atoms with E-state index in [1.54, 1.807) is 11.3 Å². The molecule has 0 atom stereocenters. The van der Waals surface area contributed by atoms with Crippen LogP contribution >= 0.6 is 11.3 Å². The second-order valence-corrected chi connectivity index (χ2v) is 4.97. The van der Waals surface area contributed by atoms with Gasteiger partial charge in [0.05, 0.1) is 13.2 Å². The van der Waals surface area contributed by atoms with Gasteiger partial charge in [-0.1, -0.05) is 6.92 Å². The average Bonchev–Trinajstić information content (AvgIpc) is 2.77. The van der Waals surface area contributed by atoms with Crippen molar-refractivity contribution < 1.29 is 10.2 Å². The molecular weight excluding hydrogens is 210 g/mol. The fourth-order valence-corrected chi connectivity index (χ4v) is 1.92. The van der Waals surface area contributed by atoms with Gasteiger partial charge in [0.25, 0.3) is 0 Å². The second kappa shape index (κ2) is 6.23. The molecule has 0 unspecified atom stereocenters. The third-order valence-electron chi connectivity index (χ3n) is 2.49. The maximum atomic E-state index is 9.07. The quantitative estimate of drug-likeness (QED) is 0.608. The summed E-state index contributed by atoms with van der Waals surface area (Å²) in [5.41, 5.74) is 0.927. The molecule has 3 nitrogen and oxygen atoms in total. The number of hydrogen-bond donors (Lipinski definition) is 3. The highest BCUT2D eigenvalue weighted by molar-refractivity contribution is 7.07. The van der Waals surface area contributed by atoms with Crippen LogP contribution in [-0.2, 0) is 6.42 Å². The number of aliphatic hydroxyl groups excluding tert-OH is 2. The van der Waals surface area contributed by atoms with Crippen molar-refractivity contribution in [1.82, 2.24) is 5.32 Å². The van der Waals surface area contributed by atoms with Crippen molar-refractivity contribution in [2.45, 2.75) is 13.3 Å². The molecule has 0 aromatic carbocycles. The number of nitrogens with one attached hydrogen (secondary N) is 1. The Morgan fingerprint density at radius 3 is 2.67 bits per heavy atom. The Morgan fingerprint density at radius 1 is 1.40 bits per heavy atom. The van der Waals surface area contributed by atoms with Crippen LogP contribution in [0.2, 0.25) is 0 Å². The molecule has 0 bridgehead atoms. The molecule has 1 heterocycles. The Kier molecular flexibility index (Phi) is 5.25. The van der Waals surface area contributed by atoms with Crippen LogP contribution < -0.4 is 5.32 Å². The van der Waals surface area contributed by atoms with Crippen molar-refractivity contribution in [2.24, 2.45) is 5.41 Å². The molecule has 1 rings (SSSR count). The Hall–Kier alpha value is -0.420. The fraction of sp³-hybridized carbons (Fsp3) is 0.636. The lowest BCUT2D eigenvalue weighted by molar-refractivity contribution is 0.0700. The van der Waals surface area contributed by atoms with Crippen molar-refractivity contribution in [3.8, 4) is 0 Å². The van der Waals surface area contributed by atoms with Gasteiger partial charge in [-0.25, -0.2) is 0 Å². The van der Waals surface area contributed by atoms with E-state index in [4.69, 9.17) is 10.2 Å². The highest BCUT2D eigenvalue weighted by atomic mass is 32.1. The average molecular weight is 229 g/mol. The van der Waals surface area contributed by atoms with Crippen molar-refractivity contribution in [2.75, 3.05) is 26.3 Å². The lowest BCUT2D eigenvalue weighted by Crippen LogP contribution is -2.38. The van der Waals surface area contributed by atoms with Gasteiger partial charge in [0, 0.05) is 12.0 Å². The fourth-order valence-electron chi connectivity index (χ4n) is 1.22. The highest BCUT2D eigenvalue weighted by Crippen LogP contribution is 2.12. The molecule has 1 aromatic heterocycles. The summed E-state index contributed by atoms with van der Waals surface area (Å²) in [4.78, 5) is 0. The standard InChI is InChI=1S/C11H19NO2S/c1-11(8-13,9-14)7-12-4-2-10-3-5-15-6-10/h3,5-6,12-14H,2,4,7-9H2,1H3. The summed E-state index contributed by atoms with van der Waals surface area (Å²) in [6.07, 6.45) is 0.996. The molecule has 15 heavy (non-hydrogen) atoms. The van der Waals surface area contributed by atoms with Crippen LogP contribution in [0, 0.1) is 5.41 Å². The van der Waals surface area contributed by atoms with Crippen LogP contribution in [0.3, 0.4) is 0 Å². The Balaban J connectivity index is 2.16. The van der Waals surface area contributed by atoms with Crippen LogP contribution in [-0.4, -0.2) is 36.5 Å². The van der Waals surface area contributed by atoms with Crippen LogP contribution in [0.4, 0.5) is 0 Å². The first-order chi connectivity index (χ1) is 7.20. The zero-order valence-corrected chi connectivity index (χ0v) is 9.89. The van der Waals surface area contributed by atoms with Gasteiger partial charge < -0.3 is 15.5 Å². The minimum absolute atomic E-state index is 0.00888. The highest BCUT2D eigenvalue weighted by Gasteiger charge is 2.21. The molecule has 86 valence electrons. The predicted octanol–water partition coefficient (Wildman–Crippen LogP) is 0.871. The maximum Gasteiger partial charge on any atom is 0.0518 e. The van der Waals surface area contributed by atoms with Crippen LogP contribution in [0.15, 0.2) is 16.8 Å². The minimum atomic E-state index is -0.408. The molecular formula is C11H19NO2S. The van der Waals surface area contributed by atoms with Gasteiger partial charge in [0.15, 0.2) is 0 Å². The van der Waals surface area contributed by atoms with E-state index in [0.29, 0.717) is 6.54 Å². The van der Waals surface area contributed by atoms with E-state index >= 15 is 0 Å². The zero-order valence-electron chi connectivity index (χ0n) is 9.07. The Labute approximate surface area is 94.8 Å². The van der Waals surface area contributed by atoms with Crippen LogP contribution in [0.25, 0.3) is 0 Å². The van der Waals surface area contributed by atoms with E-state index in [1.807, 2.05) is 6.92 Å². The molecule has 0 aliphatic carbocycles. The van der Waals surface area contributed by atoms with E-state index in [2.05, 4.69) is 22.1 Å². The third-order valence-corrected chi connectivity index (χ3v) is 3.22. The molecule has 0 aliphatic heterocycles. The van der Waals surface area contributed by atoms with Crippen LogP contribution in [0.1, 0.15) is 12.5 Å². The van der Waals surface area contributed by atoms with Gasteiger partial charge in [-0.05, 0) is 35.4 Å². The second-order valence-electron chi connectivity index (χ2n) is 4.19. The molecule has 4 heteroatoms. The van der Waals surface area contributed by atoms with E-state index in [0.717, 1.165) is 13.0 Å². The normalized spacial score (nSPS) is 11.9. The predicted molar refractivity (Wildman–Crippen MR) is 63.2 cm³/mol. The molecule has 0 fully saturated rings. The number of rotatable bonds is 7. The van der Waals surface area contributed by atoms with Crippen molar-refractivity contribution in [3.05, 3.63) is 22.4 Å². The van der Waals surface area contributed by atoms with E-state index in [9.17, 15) is 0 Å². The molecule has 1 aromatic rings. The van der Waals surface area contributed by atoms with E-state index < -0.39 is 5.41 Å². The van der Waals surface area contributed by atoms with Gasteiger partial charge in [-0.3, -0.25) is 0 Å². The Bertz CT molecular complexity index is 258. The van der Waals surface area contributed by atoms with Crippen LogP contribution in [0.5, 0.6) is 0 Å². The zero-order chi connectivity index (χ0) is 11.1. The van der Waals surface area contributed by atoms with E-state index in [1.165, 1.54) is 5.56 Å². The SMILES string of the molecule is CC(CO)(CO)CNCCc1ccsc1. The Morgan fingerprint density at radius 2 is 2.13 bits per heavy atom. The molecule has 0 aliphatic rings. The lowest BCUT2D eigenvalue weighted by Gasteiger charge is -2.24. The first-order valence-corrected chi connectivity index (χ1v) is 6.08. The molecule has 0 radical (unpaired) electrons.